The minimum absolute atomic E-state index is 0.0669. The van der Waals surface area contributed by atoms with E-state index in [2.05, 4.69) is 27.7 Å². The number of halogens is 5. The van der Waals surface area contributed by atoms with Gasteiger partial charge in [0.15, 0.2) is 10.1 Å². The maximum atomic E-state index is 12.7. The van der Waals surface area contributed by atoms with Crippen LogP contribution in [0.4, 0.5) is 22.0 Å². The van der Waals surface area contributed by atoms with Gasteiger partial charge in [0.2, 0.25) is 0 Å². The van der Waals surface area contributed by atoms with Crippen LogP contribution in [0.5, 0.6) is 0 Å². The minimum Gasteiger partial charge on any atom is -0.743 e. The van der Waals surface area contributed by atoms with Gasteiger partial charge in [0.05, 0.1) is 26.2 Å². The smallest absolute Gasteiger partial charge is 0.389 e. The van der Waals surface area contributed by atoms with Gasteiger partial charge < -0.3 is 9.04 Å². The standard InChI is InChI=1S/C12H21F5O3S.C8H20N/c13-11(14,15)9-7-5-3-1-2-4-6-8-10-12(16,17)21(18,19)20;1-5-9(6-2,7-3)8-4/h1-10H2,(H,18,19,20);5-8H2,1-4H3/q;+1/p-1. The Labute approximate surface area is 179 Å². The van der Waals surface area contributed by atoms with Crippen molar-refractivity contribution >= 4 is 10.1 Å². The highest BCUT2D eigenvalue weighted by atomic mass is 32.2. The zero-order valence-corrected chi connectivity index (χ0v) is 19.7. The van der Waals surface area contributed by atoms with E-state index >= 15 is 0 Å². The summed E-state index contributed by atoms with van der Waals surface area (Å²) in [5.41, 5.74) is 0. The summed E-state index contributed by atoms with van der Waals surface area (Å²) in [6, 6.07) is 0. The molecule has 0 rings (SSSR count). The Morgan fingerprint density at radius 2 is 0.933 bits per heavy atom. The molecule has 0 heterocycles. The van der Waals surface area contributed by atoms with E-state index in [1.165, 1.54) is 30.7 Å². The summed E-state index contributed by atoms with van der Waals surface area (Å²) in [5, 5.41) is -4.22. The zero-order valence-electron chi connectivity index (χ0n) is 18.9. The molecule has 0 aromatic carbocycles. The van der Waals surface area contributed by atoms with Crippen LogP contribution in [-0.2, 0) is 10.1 Å². The van der Waals surface area contributed by atoms with Crippen molar-refractivity contribution in [3.8, 4) is 0 Å². The SMILES string of the molecule is CC[N+](CC)(CC)CC.O=S(=O)([O-])C(F)(F)CCCCCCCCCCC(F)(F)F. The number of hydrogen-bond acceptors (Lipinski definition) is 3. The predicted molar refractivity (Wildman–Crippen MR) is 109 cm³/mol. The van der Waals surface area contributed by atoms with E-state index in [4.69, 9.17) is 0 Å². The Kier molecular flexibility index (Phi) is 16.2. The number of unbranched alkanes of at least 4 members (excludes halogenated alkanes) is 7. The first kappa shape index (κ1) is 31.7. The first-order valence-electron chi connectivity index (χ1n) is 10.9. The van der Waals surface area contributed by atoms with E-state index in [1.807, 2.05) is 0 Å². The molecule has 10 heteroatoms. The van der Waals surface area contributed by atoms with Crippen molar-refractivity contribution < 1.29 is 39.4 Å². The Balaban J connectivity index is 0. The minimum atomic E-state index is -5.60. The third kappa shape index (κ3) is 15.3. The molecule has 0 atom stereocenters. The lowest BCUT2D eigenvalue weighted by Crippen LogP contribution is -2.47. The molecule has 0 bridgehead atoms. The fourth-order valence-electron chi connectivity index (χ4n) is 3.18. The van der Waals surface area contributed by atoms with Gasteiger partial charge in [0, 0.05) is 12.8 Å². The van der Waals surface area contributed by atoms with Crippen LogP contribution in [0.3, 0.4) is 0 Å². The van der Waals surface area contributed by atoms with Crippen LogP contribution >= 0.6 is 0 Å². The fourth-order valence-corrected chi connectivity index (χ4v) is 3.58. The second kappa shape index (κ2) is 15.3. The number of hydrogen-bond donors (Lipinski definition) is 0. The number of nitrogens with zero attached hydrogens (tertiary/aromatic N) is 1. The van der Waals surface area contributed by atoms with Crippen LogP contribution in [0.25, 0.3) is 0 Å². The van der Waals surface area contributed by atoms with Gasteiger partial charge in [-0.2, -0.15) is 22.0 Å². The van der Waals surface area contributed by atoms with Crippen molar-refractivity contribution in [3.05, 3.63) is 0 Å². The molecular weight excluding hydrogens is 429 g/mol. The van der Waals surface area contributed by atoms with Crippen molar-refractivity contribution in [2.45, 2.75) is 103 Å². The summed E-state index contributed by atoms with van der Waals surface area (Å²) in [5.74, 6) is 0. The van der Waals surface area contributed by atoms with E-state index < -0.39 is 34.4 Å². The monoisotopic (exact) mass is 469 g/mol. The molecule has 0 unspecified atom stereocenters. The van der Waals surface area contributed by atoms with Crippen LogP contribution in [0.15, 0.2) is 0 Å². The van der Waals surface area contributed by atoms with Gasteiger partial charge in [-0.15, -0.1) is 0 Å². The van der Waals surface area contributed by atoms with E-state index in [1.54, 1.807) is 0 Å². The van der Waals surface area contributed by atoms with Gasteiger partial charge in [-0.05, 0) is 40.5 Å². The van der Waals surface area contributed by atoms with Crippen LogP contribution in [0.2, 0.25) is 0 Å². The van der Waals surface area contributed by atoms with Gasteiger partial charge in [0.1, 0.15) is 0 Å². The van der Waals surface area contributed by atoms with Gasteiger partial charge >= 0.3 is 11.4 Å². The first-order chi connectivity index (χ1) is 13.7. The molecule has 4 nitrogen and oxygen atoms in total. The molecule has 0 aliphatic heterocycles. The summed E-state index contributed by atoms with van der Waals surface area (Å²) in [6.07, 6.45) is -2.35. The van der Waals surface area contributed by atoms with E-state index in [0.717, 1.165) is 0 Å². The normalized spacial score (nSPS) is 13.1. The van der Waals surface area contributed by atoms with Gasteiger partial charge in [-0.3, -0.25) is 0 Å². The lowest BCUT2D eigenvalue weighted by atomic mass is 10.1. The van der Waals surface area contributed by atoms with Crippen molar-refractivity contribution in [2.24, 2.45) is 0 Å². The molecule has 0 aromatic rings. The second-order valence-electron chi connectivity index (χ2n) is 7.64. The molecular formula is C20H40F5NO3S. The molecule has 30 heavy (non-hydrogen) atoms. The van der Waals surface area contributed by atoms with Crippen LogP contribution in [0.1, 0.15) is 91.9 Å². The third-order valence-electron chi connectivity index (χ3n) is 5.73. The average Bonchev–Trinajstić information content (AvgIpc) is 2.64. The second-order valence-corrected chi connectivity index (χ2v) is 9.15. The average molecular weight is 470 g/mol. The predicted octanol–water partition coefficient (Wildman–Crippen LogP) is 6.47. The molecule has 184 valence electrons. The summed E-state index contributed by atoms with van der Waals surface area (Å²) < 4.78 is 92.9. The number of quaternary nitrogens is 1. The number of alkyl halides is 5. The Morgan fingerprint density at radius 1 is 0.633 bits per heavy atom. The number of rotatable bonds is 15. The molecule has 0 aliphatic rings. The summed E-state index contributed by atoms with van der Waals surface area (Å²) >= 11 is 0. The van der Waals surface area contributed by atoms with Crippen molar-refractivity contribution in [2.75, 3.05) is 26.2 Å². The van der Waals surface area contributed by atoms with Gasteiger partial charge in [-0.1, -0.05) is 38.5 Å². The molecule has 0 saturated carbocycles. The highest BCUT2D eigenvalue weighted by Crippen LogP contribution is 2.27. The molecule has 0 saturated heterocycles. The molecule has 0 fully saturated rings. The quantitative estimate of drug-likeness (QED) is 0.120. The van der Waals surface area contributed by atoms with E-state index in [-0.39, 0.29) is 12.8 Å². The maximum absolute atomic E-state index is 12.7. The van der Waals surface area contributed by atoms with Crippen LogP contribution in [0, 0.1) is 0 Å². The summed E-state index contributed by atoms with van der Waals surface area (Å²) in [7, 11) is -5.60. The largest absolute Gasteiger partial charge is 0.743 e. The van der Waals surface area contributed by atoms with Crippen LogP contribution in [-0.4, -0.2) is 55.1 Å². The van der Waals surface area contributed by atoms with E-state index in [9.17, 15) is 34.9 Å². The Bertz CT molecular complexity index is 504. The van der Waals surface area contributed by atoms with Gasteiger partial charge in [-0.25, -0.2) is 8.42 Å². The fraction of sp³-hybridized carbons (Fsp3) is 1.00. The van der Waals surface area contributed by atoms with Crippen molar-refractivity contribution in [1.82, 2.24) is 0 Å². The Hall–Kier alpha value is -0.480. The lowest BCUT2D eigenvalue weighted by molar-refractivity contribution is -0.921. The summed E-state index contributed by atoms with van der Waals surface area (Å²) in [6.45, 7) is 14.2. The van der Waals surface area contributed by atoms with E-state index in [0.29, 0.717) is 38.5 Å². The summed E-state index contributed by atoms with van der Waals surface area (Å²) in [4.78, 5) is 0. The zero-order chi connectivity index (χ0) is 23.9. The lowest BCUT2D eigenvalue weighted by Gasteiger charge is -2.34. The molecule has 0 spiro atoms. The molecule has 0 N–H and O–H groups in total. The molecule has 0 aromatic heterocycles. The topological polar surface area (TPSA) is 57.2 Å². The van der Waals surface area contributed by atoms with Crippen molar-refractivity contribution in [3.63, 3.8) is 0 Å². The van der Waals surface area contributed by atoms with Gasteiger partial charge in [0.25, 0.3) is 0 Å². The first-order valence-corrected chi connectivity index (χ1v) is 12.4. The molecule has 0 amide bonds. The Morgan fingerprint density at radius 3 is 1.17 bits per heavy atom. The maximum Gasteiger partial charge on any atom is 0.389 e. The molecule has 0 radical (unpaired) electrons. The molecule has 0 aliphatic carbocycles. The highest BCUT2D eigenvalue weighted by Gasteiger charge is 2.36. The third-order valence-corrected chi connectivity index (χ3v) is 6.66. The van der Waals surface area contributed by atoms with Crippen molar-refractivity contribution in [1.29, 1.82) is 0 Å². The highest BCUT2D eigenvalue weighted by molar-refractivity contribution is 7.86. The van der Waals surface area contributed by atoms with Crippen LogP contribution < -0.4 is 0 Å².